The molecule has 0 fully saturated rings. The molecule has 0 aliphatic carbocycles. The second-order valence-electron chi connectivity index (χ2n) is 3.19. The molecule has 0 aliphatic heterocycles. The summed E-state index contributed by atoms with van der Waals surface area (Å²) in [5, 5.41) is 0.389. The van der Waals surface area contributed by atoms with Gasteiger partial charge in [-0.15, -0.1) is 0 Å². The van der Waals surface area contributed by atoms with Crippen molar-refractivity contribution in [2.24, 2.45) is 0 Å². The van der Waals surface area contributed by atoms with E-state index >= 15 is 0 Å². The summed E-state index contributed by atoms with van der Waals surface area (Å²) in [5.41, 5.74) is 0.606. The summed E-state index contributed by atoms with van der Waals surface area (Å²) in [4.78, 5) is 0. The summed E-state index contributed by atoms with van der Waals surface area (Å²) in [6, 6.07) is 9.04. The van der Waals surface area contributed by atoms with Crippen molar-refractivity contribution in [3.05, 3.63) is 58.1 Å². The van der Waals surface area contributed by atoms with Crippen molar-refractivity contribution >= 4 is 23.2 Å². The molecule has 0 spiro atoms. The number of hydrogen-bond acceptors (Lipinski definition) is 0. The highest BCUT2D eigenvalue weighted by molar-refractivity contribution is 6.31. The molecular weight excluding hydrogens is 253 g/mol. The Morgan fingerprint density at radius 1 is 1.00 bits per heavy atom. The first kappa shape index (κ1) is 11.4. The molecular formula is C12H5Cl2F2. The molecule has 0 aromatic heterocycles. The Kier molecular flexibility index (Phi) is 3.13. The molecule has 2 aromatic rings. The Balaban J connectivity index is 2.58. The van der Waals surface area contributed by atoms with Crippen LogP contribution in [0, 0.1) is 17.7 Å². The average molecular weight is 258 g/mol. The van der Waals surface area contributed by atoms with Crippen LogP contribution < -0.4 is 0 Å². The maximum atomic E-state index is 13.5. The van der Waals surface area contributed by atoms with Gasteiger partial charge in [-0.05, 0) is 35.9 Å². The fraction of sp³-hybridized carbons (Fsp3) is 0. The van der Waals surface area contributed by atoms with Gasteiger partial charge < -0.3 is 0 Å². The number of hydrogen-bond donors (Lipinski definition) is 0. The molecule has 16 heavy (non-hydrogen) atoms. The first-order valence-electron chi connectivity index (χ1n) is 4.40. The minimum atomic E-state index is -0.628. The van der Waals surface area contributed by atoms with Gasteiger partial charge in [-0.2, -0.15) is 0 Å². The summed E-state index contributed by atoms with van der Waals surface area (Å²) in [5.74, 6) is -1.15. The van der Waals surface area contributed by atoms with E-state index in [0.717, 1.165) is 6.07 Å². The lowest BCUT2D eigenvalue weighted by Gasteiger charge is -2.04. The first-order valence-corrected chi connectivity index (χ1v) is 5.15. The molecule has 0 amide bonds. The molecule has 0 saturated carbocycles. The van der Waals surface area contributed by atoms with E-state index in [-0.39, 0.29) is 15.6 Å². The third-order valence-corrected chi connectivity index (χ3v) is 2.48. The largest absolute Gasteiger partial charge is 0.206 e. The van der Waals surface area contributed by atoms with Crippen molar-refractivity contribution in [1.82, 2.24) is 0 Å². The zero-order chi connectivity index (χ0) is 11.7. The maximum Gasteiger partial charge on any atom is 0.133 e. The third-order valence-electron chi connectivity index (χ3n) is 2.05. The smallest absolute Gasteiger partial charge is 0.133 e. The third kappa shape index (κ3) is 2.34. The Morgan fingerprint density at radius 3 is 2.38 bits per heavy atom. The van der Waals surface area contributed by atoms with Crippen LogP contribution in [0.4, 0.5) is 8.78 Å². The van der Waals surface area contributed by atoms with Crippen molar-refractivity contribution in [1.29, 1.82) is 0 Å². The van der Waals surface area contributed by atoms with E-state index in [1.165, 1.54) is 24.3 Å². The summed E-state index contributed by atoms with van der Waals surface area (Å²) in [6.45, 7) is 0. The van der Waals surface area contributed by atoms with E-state index in [2.05, 4.69) is 6.07 Å². The van der Waals surface area contributed by atoms with E-state index in [4.69, 9.17) is 23.2 Å². The van der Waals surface area contributed by atoms with Crippen molar-refractivity contribution in [2.75, 3.05) is 0 Å². The van der Waals surface area contributed by atoms with Crippen LogP contribution in [0.3, 0.4) is 0 Å². The molecule has 2 aromatic carbocycles. The lowest BCUT2D eigenvalue weighted by Crippen LogP contribution is -1.86. The second kappa shape index (κ2) is 4.40. The van der Waals surface area contributed by atoms with Crippen LogP contribution in [0.2, 0.25) is 10.0 Å². The molecule has 0 N–H and O–H groups in total. The molecule has 0 bridgehead atoms. The minimum Gasteiger partial charge on any atom is -0.206 e. The molecule has 0 heterocycles. The number of benzene rings is 2. The zero-order valence-electron chi connectivity index (χ0n) is 7.90. The highest BCUT2D eigenvalue weighted by Crippen LogP contribution is 2.27. The van der Waals surface area contributed by atoms with E-state index in [1.807, 2.05) is 0 Å². The van der Waals surface area contributed by atoms with E-state index < -0.39 is 11.6 Å². The van der Waals surface area contributed by atoms with E-state index in [1.54, 1.807) is 0 Å². The fourth-order valence-corrected chi connectivity index (χ4v) is 1.75. The van der Waals surface area contributed by atoms with Gasteiger partial charge in [-0.1, -0.05) is 23.2 Å². The van der Waals surface area contributed by atoms with Crippen molar-refractivity contribution in [3.63, 3.8) is 0 Å². The fourth-order valence-electron chi connectivity index (χ4n) is 1.38. The van der Waals surface area contributed by atoms with Gasteiger partial charge in [0.15, 0.2) is 0 Å². The first-order chi connectivity index (χ1) is 7.56. The van der Waals surface area contributed by atoms with Crippen LogP contribution in [0.15, 0.2) is 30.3 Å². The lowest BCUT2D eigenvalue weighted by molar-refractivity contribution is 0.623. The molecule has 4 heteroatoms. The average Bonchev–Trinajstić information content (AvgIpc) is 2.15. The molecule has 81 valence electrons. The van der Waals surface area contributed by atoms with Gasteiger partial charge in [0.25, 0.3) is 0 Å². The van der Waals surface area contributed by atoms with Gasteiger partial charge in [-0.25, -0.2) is 8.78 Å². The number of rotatable bonds is 1. The molecule has 0 atom stereocenters. The summed E-state index contributed by atoms with van der Waals surface area (Å²) >= 11 is 11.3. The topological polar surface area (TPSA) is 0 Å². The normalized spacial score (nSPS) is 10.5. The maximum absolute atomic E-state index is 13.5. The van der Waals surface area contributed by atoms with E-state index in [0.29, 0.717) is 5.56 Å². The molecule has 0 saturated heterocycles. The Hall–Kier alpha value is -1.12. The number of halogens is 4. The van der Waals surface area contributed by atoms with Crippen molar-refractivity contribution < 1.29 is 8.78 Å². The highest BCUT2D eigenvalue weighted by atomic mass is 35.5. The summed E-state index contributed by atoms with van der Waals surface area (Å²) in [6.07, 6.45) is 0. The predicted molar refractivity (Wildman–Crippen MR) is 60.7 cm³/mol. The lowest BCUT2D eigenvalue weighted by atomic mass is 10.1. The van der Waals surface area contributed by atoms with Crippen LogP contribution >= 0.6 is 23.2 Å². The van der Waals surface area contributed by atoms with Crippen molar-refractivity contribution in [3.8, 4) is 11.1 Å². The highest BCUT2D eigenvalue weighted by Gasteiger charge is 2.08. The summed E-state index contributed by atoms with van der Waals surface area (Å²) in [7, 11) is 0. The van der Waals surface area contributed by atoms with Crippen LogP contribution in [0.25, 0.3) is 11.1 Å². The molecule has 0 aliphatic rings. The summed E-state index contributed by atoms with van der Waals surface area (Å²) < 4.78 is 26.6. The standard InChI is InChI=1S/C12H5Cl2F2/c13-8-1-2-11(12(16)6-8)7-3-9(14)5-10(15)4-7/h1-4,6H. The SMILES string of the molecule is Fc1[c]c(Cl)cc(-c2ccc(Cl)cc2F)c1. The minimum absolute atomic E-state index is 0.101. The zero-order valence-corrected chi connectivity index (χ0v) is 9.41. The Bertz CT molecular complexity index is 518. The van der Waals surface area contributed by atoms with Gasteiger partial charge in [-0.3, -0.25) is 0 Å². The Labute approximate surface area is 101 Å². The van der Waals surface area contributed by atoms with Crippen molar-refractivity contribution in [2.45, 2.75) is 0 Å². The predicted octanol–water partition coefficient (Wildman–Crippen LogP) is 4.74. The van der Waals surface area contributed by atoms with Gasteiger partial charge in [0.2, 0.25) is 0 Å². The van der Waals surface area contributed by atoms with Crippen LogP contribution in [0.1, 0.15) is 0 Å². The van der Waals surface area contributed by atoms with Gasteiger partial charge >= 0.3 is 0 Å². The van der Waals surface area contributed by atoms with E-state index in [9.17, 15) is 8.78 Å². The van der Waals surface area contributed by atoms with Crippen LogP contribution in [-0.4, -0.2) is 0 Å². The van der Waals surface area contributed by atoms with Crippen LogP contribution in [0.5, 0.6) is 0 Å². The molecule has 2 rings (SSSR count). The molecule has 0 nitrogen and oxygen atoms in total. The van der Waals surface area contributed by atoms with Crippen LogP contribution in [-0.2, 0) is 0 Å². The molecule has 1 radical (unpaired) electrons. The molecule has 0 unspecified atom stereocenters. The quantitative estimate of drug-likeness (QED) is 0.693. The Morgan fingerprint density at radius 2 is 1.75 bits per heavy atom. The van der Waals surface area contributed by atoms with Gasteiger partial charge in [0, 0.05) is 16.7 Å². The van der Waals surface area contributed by atoms with Gasteiger partial charge in [0.1, 0.15) is 11.6 Å². The van der Waals surface area contributed by atoms with Gasteiger partial charge in [0.05, 0.1) is 5.02 Å². The second-order valence-corrected chi connectivity index (χ2v) is 4.03. The monoisotopic (exact) mass is 257 g/mol.